The molecule has 1 saturated heterocycles. The number of hydrogen-bond donors (Lipinski definition) is 4. The lowest BCUT2D eigenvalue weighted by Gasteiger charge is -2.31. The zero-order chi connectivity index (χ0) is 34.8. The van der Waals surface area contributed by atoms with Crippen molar-refractivity contribution in [1.82, 2.24) is 50.0 Å². The molecule has 4 aromatic heterocycles. The molecule has 18 heteroatoms. The van der Waals surface area contributed by atoms with E-state index in [4.69, 9.17) is 18.0 Å². The topological polar surface area (TPSA) is 225 Å². The Labute approximate surface area is 289 Å². The number of anilines is 2. The van der Waals surface area contributed by atoms with Crippen LogP contribution in [0.1, 0.15) is 118 Å². The summed E-state index contributed by atoms with van der Waals surface area (Å²) in [5.41, 5.74) is 22.6. The van der Waals surface area contributed by atoms with Crippen molar-refractivity contribution in [2.45, 2.75) is 115 Å². The van der Waals surface area contributed by atoms with Gasteiger partial charge >= 0.3 is 0 Å². The Kier molecular flexibility index (Phi) is 9.38. The summed E-state index contributed by atoms with van der Waals surface area (Å²) in [6.07, 6.45) is 14.8. The van der Waals surface area contributed by atoms with Gasteiger partial charge in [-0.3, -0.25) is 4.68 Å². The lowest BCUT2D eigenvalue weighted by molar-refractivity contribution is 0.166. The number of hydrogen-bond acceptors (Lipinski definition) is 13. The van der Waals surface area contributed by atoms with Crippen molar-refractivity contribution in [2.24, 2.45) is 20.5 Å². The molecule has 3 aliphatic rings. The molecular formula is C32H42N18. The van der Waals surface area contributed by atoms with Crippen molar-refractivity contribution in [2.75, 3.05) is 11.5 Å². The smallest absolute Gasteiger partial charge is 0.251 e. The molecule has 2 unspecified atom stereocenters. The van der Waals surface area contributed by atoms with Crippen LogP contribution in [0, 0.1) is 31.8 Å². The first kappa shape index (κ1) is 33.1. The lowest BCUT2D eigenvalue weighted by atomic mass is 9.96. The number of azo groups is 2. The average Bonchev–Trinajstić information content (AvgIpc) is 3.90. The Morgan fingerprint density at radius 3 is 1.68 bits per heavy atom. The number of nitrogens with two attached hydrogens (primary N) is 2. The highest BCUT2D eigenvalue weighted by atomic mass is 15.6. The maximum Gasteiger partial charge on any atom is 0.251 e. The largest absolute Gasteiger partial charge is 0.382 e. The van der Waals surface area contributed by atoms with Crippen LogP contribution in [0.3, 0.4) is 0 Å². The molecule has 2 saturated carbocycles. The Balaban J connectivity index is 1.05. The number of rotatable bonds is 8. The van der Waals surface area contributed by atoms with E-state index in [0.29, 0.717) is 70.1 Å². The summed E-state index contributed by atoms with van der Waals surface area (Å²) in [6.45, 7) is 11.3. The number of nitrogens with zero attached hydrogens (tertiary/aromatic N) is 14. The van der Waals surface area contributed by atoms with E-state index in [0.717, 1.165) is 51.4 Å². The Morgan fingerprint density at radius 2 is 1.20 bits per heavy atom. The van der Waals surface area contributed by atoms with Gasteiger partial charge in [0, 0.05) is 0 Å². The molecule has 0 aromatic carbocycles. The monoisotopic (exact) mass is 678 g/mol. The third-order valence-corrected chi connectivity index (χ3v) is 9.99. The predicted molar refractivity (Wildman–Crippen MR) is 184 cm³/mol. The fraction of sp³-hybridized carbons (Fsp3) is 0.562. The Bertz CT molecular complexity index is 1830. The number of nitrogen functional groups attached to an aromatic ring is 2. The first-order valence-corrected chi connectivity index (χ1v) is 17.3. The summed E-state index contributed by atoms with van der Waals surface area (Å²) in [6, 6.07) is 2.60. The molecule has 2 atom stereocenters. The van der Waals surface area contributed by atoms with E-state index in [-0.39, 0.29) is 24.4 Å². The van der Waals surface area contributed by atoms with Gasteiger partial charge in [-0.15, -0.1) is 20.5 Å². The standard InChI is InChI=1S/C32H42N18/c1-19-27(41-43-31-21(16-33)17-37-47(31)22-10-6-4-7-11-22)29(34)49(45-19)25-14-15-26(40-39-25)50-30(35)28(20(2)46-50)42-44-32-24(36-3)18-38-48(32)23-12-8-5-9-13-23/h17-18,22-23,25-26,39-40H,4-15,34-35H2,1-2H3. The van der Waals surface area contributed by atoms with Crippen LogP contribution < -0.4 is 22.3 Å². The van der Waals surface area contributed by atoms with Crippen LogP contribution in [-0.4, -0.2) is 39.1 Å². The summed E-state index contributed by atoms with van der Waals surface area (Å²) in [4.78, 5) is 3.62. The van der Waals surface area contributed by atoms with E-state index in [9.17, 15) is 5.26 Å². The van der Waals surface area contributed by atoms with E-state index < -0.39 is 0 Å². The highest BCUT2D eigenvalue weighted by molar-refractivity contribution is 5.64. The molecule has 50 heavy (non-hydrogen) atoms. The molecule has 1 aliphatic heterocycles. The van der Waals surface area contributed by atoms with Crippen molar-refractivity contribution in [3.8, 4) is 6.07 Å². The van der Waals surface area contributed by atoms with Crippen LogP contribution in [0.5, 0.6) is 0 Å². The molecule has 18 nitrogen and oxygen atoms in total. The second-order valence-corrected chi connectivity index (χ2v) is 13.3. The van der Waals surface area contributed by atoms with Gasteiger partial charge in [-0.25, -0.2) is 29.7 Å². The highest BCUT2D eigenvalue weighted by Gasteiger charge is 2.29. The molecule has 5 heterocycles. The number of nitriles is 1. The molecule has 0 amide bonds. The van der Waals surface area contributed by atoms with E-state index in [1.165, 1.54) is 12.8 Å². The number of aryl methyl sites for hydroxylation is 2. The van der Waals surface area contributed by atoms with E-state index >= 15 is 0 Å². The van der Waals surface area contributed by atoms with Gasteiger partial charge in [-0.2, -0.15) is 25.7 Å². The molecule has 4 aromatic rings. The zero-order valence-corrected chi connectivity index (χ0v) is 28.4. The number of nitrogens with one attached hydrogen (secondary N) is 2. The number of aromatic nitrogens is 8. The molecule has 2 aliphatic carbocycles. The van der Waals surface area contributed by atoms with Gasteiger partial charge in [-0.05, 0) is 52.4 Å². The fourth-order valence-corrected chi connectivity index (χ4v) is 7.29. The summed E-state index contributed by atoms with van der Waals surface area (Å²) in [5, 5.41) is 45.9. The first-order chi connectivity index (χ1) is 24.4. The van der Waals surface area contributed by atoms with E-state index in [1.807, 2.05) is 23.2 Å². The van der Waals surface area contributed by atoms with Gasteiger partial charge in [0.25, 0.3) is 5.69 Å². The molecular weight excluding hydrogens is 636 g/mol. The van der Waals surface area contributed by atoms with Gasteiger partial charge in [0.15, 0.2) is 34.6 Å². The van der Waals surface area contributed by atoms with Crippen molar-refractivity contribution in [1.29, 1.82) is 5.26 Å². The second-order valence-electron chi connectivity index (χ2n) is 13.3. The molecule has 7 rings (SSSR count). The summed E-state index contributed by atoms with van der Waals surface area (Å²) >= 11 is 0. The highest BCUT2D eigenvalue weighted by Crippen LogP contribution is 2.40. The Hall–Kier alpha value is -5.46. The average molecular weight is 679 g/mol. The summed E-state index contributed by atoms with van der Waals surface area (Å²) < 4.78 is 7.06. The van der Waals surface area contributed by atoms with Gasteiger partial charge in [-0.1, -0.05) is 38.5 Å². The van der Waals surface area contributed by atoms with E-state index in [1.54, 1.807) is 21.8 Å². The van der Waals surface area contributed by atoms with Crippen molar-refractivity contribution in [3.63, 3.8) is 0 Å². The van der Waals surface area contributed by atoms with Crippen molar-refractivity contribution >= 4 is 40.3 Å². The van der Waals surface area contributed by atoms with Crippen LogP contribution in [0.2, 0.25) is 0 Å². The second kappa shape index (κ2) is 14.2. The quantitative estimate of drug-likeness (QED) is 0.110. The van der Waals surface area contributed by atoms with Gasteiger partial charge in [0.1, 0.15) is 24.0 Å². The molecule has 0 radical (unpaired) electrons. The molecule has 6 N–H and O–H groups in total. The van der Waals surface area contributed by atoms with Crippen LogP contribution in [-0.2, 0) is 0 Å². The molecule has 0 spiro atoms. The first-order valence-electron chi connectivity index (χ1n) is 17.3. The predicted octanol–water partition coefficient (Wildman–Crippen LogP) is 7.10. The van der Waals surface area contributed by atoms with Crippen LogP contribution in [0.15, 0.2) is 32.9 Å². The van der Waals surface area contributed by atoms with Crippen molar-refractivity contribution < 1.29 is 0 Å². The van der Waals surface area contributed by atoms with Gasteiger partial charge in [0.2, 0.25) is 0 Å². The maximum atomic E-state index is 9.69. The number of hydrazine groups is 1. The van der Waals surface area contributed by atoms with Gasteiger partial charge in [0.05, 0.1) is 42.4 Å². The Morgan fingerprint density at radius 1 is 0.720 bits per heavy atom. The molecule has 0 bridgehead atoms. The van der Waals surface area contributed by atoms with Gasteiger partial charge < -0.3 is 11.5 Å². The molecule has 3 fully saturated rings. The zero-order valence-electron chi connectivity index (χ0n) is 28.4. The van der Waals surface area contributed by atoms with E-state index in [2.05, 4.69) is 62.6 Å². The van der Waals surface area contributed by atoms with Crippen LogP contribution in [0.25, 0.3) is 4.85 Å². The summed E-state index contributed by atoms with van der Waals surface area (Å²) in [5.74, 6) is 1.61. The summed E-state index contributed by atoms with van der Waals surface area (Å²) in [7, 11) is 0. The molecule has 260 valence electrons. The van der Waals surface area contributed by atoms with Crippen molar-refractivity contribution in [3.05, 3.63) is 40.8 Å². The third-order valence-electron chi connectivity index (χ3n) is 9.99. The third kappa shape index (κ3) is 6.23. The lowest BCUT2D eigenvalue weighted by Crippen LogP contribution is -2.48. The van der Waals surface area contributed by atoms with Crippen LogP contribution in [0.4, 0.5) is 40.3 Å². The normalized spacial score (nSPS) is 20.9. The minimum atomic E-state index is -0.277. The maximum absolute atomic E-state index is 9.69. The fourth-order valence-electron chi connectivity index (χ4n) is 7.29. The minimum Gasteiger partial charge on any atom is -0.382 e. The SMILES string of the molecule is [C-]#[N+]c1cnn(C2CCCCC2)c1N=Nc1c(C)nn(C2CCC(n3nc(C)c(N=Nc4c(C#N)cnn4C4CCCCC4)c3N)NN2)c1N. The minimum absolute atomic E-state index is 0.201. The van der Waals surface area contributed by atoms with Crippen LogP contribution >= 0.6 is 0 Å².